The molecule has 0 spiro atoms. The molecule has 1 aliphatic rings. The van der Waals surface area contributed by atoms with Crippen LogP contribution in [0.4, 0.5) is 0 Å². The Morgan fingerprint density at radius 1 is 0.926 bits per heavy atom. The normalized spacial score (nSPS) is 16.1. The predicted octanol–water partition coefficient (Wildman–Crippen LogP) is 1.59. The summed E-state index contributed by atoms with van der Waals surface area (Å²) in [6.07, 6.45) is 1.68. The first kappa shape index (κ1) is 19.1. The summed E-state index contributed by atoms with van der Waals surface area (Å²) in [6, 6.07) is 18.2. The lowest BCUT2D eigenvalue weighted by Gasteiger charge is -2.11. The van der Waals surface area contributed by atoms with Crippen LogP contribution in [-0.4, -0.2) is 24.9 Å². The molecule has 2 aromatic rings. The van der Waals surface area contributed by atoms with Crippen molar-refractivity contribution in [1.82, 2.24) is 21.5 Å². The lowest BCUT2D eigenvalue weighted by Crippen LogP contribution is -2.31. The van der Waals surface area contributed by atoms with Crippen LogP contribution in [0.5, 0.6) is 0 Å². The number of hydrazine groups is 1. The standard InChI is InChI=1S/C21H26N4O2/c26-20(11-12-22-21(27)14-16-4-2-1-3-5-16)23-15-17-6-8-18(9-7-17)19-10-13-24-25-19/h1-9,19,24-25H,10-15H2,(H,22,27)(H,23,26). The van der Waals surface area contributed by atoms with E-state index in [1.54, 1.807) is 0 Å². The molecule has 1 atom stereocenters. The molecule has 0 radical (unpaired) electrons. The van der Waals surface area contributed by atoms with Crippen LogP contribution in [0.3, 0.4) is 0 Å². The third-order valence-corrected chi connectivity index (χ3v) is 4.59. The Bertz CT molecular complexity index is 741. The highest BCUT2D eigenvalue weighted by Crippen LogP contribution is 2.18. The topological polar surface area (TPSA) is 82.3 Å². The molecular weight excluding hydrogens is 340 g/mol. The highest BCUT2D eigenvalue weighted by molar-refractivity contribution is 5.80. The van der Waals surface area contributed by atoms with E-state index in [9.17, 15) is 9.59 Å². The summed E-state index contributed by atoms with van der Waals surface area (Å²) in [7, 11) is 0. The fraction of sp³-hybridized carbons (Fsp3) is 0.333. The van der Waals surface area contributed by atoms with Crippen molar-refractivity contribution in [3.05, 3.63) is 71.3 Å². The van der Waals surface area contributed by atoms with Crippen LogP contribution in [0.15, 0.2) is 54.6 Å². The van der Waals surface area contributed by atoms with Gasteiger partial charge in [0.1, 0.15) is 0 Å². The first-order valence-electron chi connectivity index (χ1n) is 9.35. The van der Waals surface area contributed by atoms with Gasteiger partial charge >= 0.3 is 0 Å². The summed E-state index contributed by atoms with van der Waals surface area (Å²) in [5, 5.41) is 5.68. The Kier molecular flexibility index (Phi) is 6.96. The zero-order chi connectivity index (χ0) is 18.9. The van der Waals surface area contributed by atoms with Crippen molar-refractivity contribution in [2.75, 3.05) is 13.1 Å². The number of hydrogen-bond acceptors (Lipinski definition) is 4. The first-order chi connectivity index (χ1) is 13.2. The van der Waals surface area contributed by atoms with Crippen LogP contribution in [0, 0.1) is 0 Å². The number of nitrogens with one attached hydrogen (secondary N) is 4. The quantitative estimate of drug-likeness (QED) is 0.572. The molecular formula is C21H26N4O2. The third-order valence-electron chi connectivity index (χ3n) is 4.59. The smallest absolute Gasteiger partial charge is 0.224 e. The van der Waals surface area contributed by atoms with E-state index in [4.69, 9.17) is 0 Å². The minimum absolute atomic E-state index is 0.0688. The average Bonchev–Trinajstić information content (AvgIpc) is 3.22. The van der Waals surface area contributed by atoms with E-state index in [-0.39, 0.29) is 18.2 Å². The van der Waals surface area contributed by atoms with Crippen molar-refractivity contribution in [3.63, 3.8) is 0 Å². The van der Waals surface area contributed by atoms with Gasteiger partial charge in [-0.05, 0) is 23.1 Å². The average molecular weight is 366 g/mol. The third kappa shape index (κ3) is 6.20. The molecule has 1 saturated heterocycles. The largest absolute Gasteiger partial charge is 0.355 e. The van der Waals surface area contributed by atoms with E-state index in [1.165, 1.54) is 5.56 Å². The highest BCUT2D eigenvalue weighted by atomic mass is 16.2. The Hall–Kier alpha value is -2.70. The van der Waals surface area contributed by atoms with Crippen molar-refractivity contribution in [2.24, 2.45) is 0 Å². The molecule has 4 N–H and O–H groups in total. The second kappa shape index (κ2) is 9.85. The lowest BCUT2D eigenvalue weighted by atomic mass is 10.0. The zero-order valence-electron chi connectivity index (χ0n) is 15.3. The van der Waals surface area contributed by atoms with Gasteiger partial charge in [0.05, 0.1) is 6.42 Å². The molecule has 3 rings (SSSR count). The summed E-state index contributed by atoms with van der Waals surface area (Å²) in [6.45, 7) is 1.81. The summed E-state index contributed by atoms with van der Waals surface area (Å²) in [5.41, 5.74) is 9.64. The molecule has 0 aliphatic carbocycles. The van der Waals surface area contributed by atoms with Crippen LogP contribution >= 0.6 is 0 Å². The number of hydrogen-bond donors (Lipinski definition) is 4. The number of rotatable bonds is 8. The molecule has 6 nitrogen and oxygen atoms in total. The monoisotopic (exact) mass is 366 g/mol. The van der Waals surface area contributed by atoms with Crippen LogP contribution < -0.4 is 21.5 Å². The first-order valence-corrected chi connectivity index (χ1v) is 9.35. The van der Waals surface area contributed by atoms with Gasteiger partial charge in [0.2, 0.25) is 11.8 Å². The minimum Gasteiger partial charge on any atom is -0.355 e. The molecule has 2 aromatic carbocycles. The van der Waals surface area contributed by atoms with Crippen molar-refractivity contribution in [3.8, 4) is 0 Å². The second-order valence-electron chi connectivity index (χ2n) is 6.69. The van der Waals surface area contributed by atoms with Crippen LogP contribution in [0.1, 0.15) is 35.6 Å². The van der Waals surface area contributed by atoms with Gasteiger partial charge in [-0.2, -0.15) is 0 Å². The molecule has 1 heterocycles. The summed E-state index contributed by atoms with van der Waals surface area (Å²) < 4.78 is 0. The van der Waals surface area contributed by atoms with E-state index in [0.717, 1.165) is 24.1 Å². The summed E-state index contributed by atoms with van der Waals surface area (Å²) in [4.78, 5) is 23.8. The Morgan fingerprint density at radius 2 is 1.70 bits per heavy atom. The van der Waals surface area contributed by atoms with Crippen LogP contribution in [-0.2, 0) is 22.6 Å². The molecule has 1 aliphatic heterocycles. The number of amides is 2. The molecule has 1 fully saturated rings. The van der Waals surface area contributed by atoms with Crippen molar-refractivity contribution in [1.29, 1.82) is 0 Å². The number of benzene rings is 2. The maximum atomic E-state index is 12.0. The maximum Gasteiger partial charge on any atom is 0.224 e. The SMILES string of the molecule is O=C(CCNC(=O)Cc1ccccc1)NCc1ccc(C2CCNN2)cc1. The van der Waals surface area contributed by atoms with Gasteiger partial charge < -0.3 is 10.6 Å². The molecule has 0 saturated carbocycles. The van der Waals surface area contributed by atoms with Crippen molar-refractivity contribution < 1.29 is 9.59 Å². The van der Waals surface area contributed by atoms with E-state index < -0.39 is 0 Å². The number of carbonyl (C=O) groups is 2. The zero-order valence-corrected chi connectivity index (χ0v) is 15.3. The fourth-order valence-corrected chi connectivity index (χ4v) is 3.05. The molecule has 0 bridgehead atoms. The van der Waals surface area contributed by atoms with Gasteiger partial charge in [-0.15, -0.1) is 0 Å². The second-order valence-corrected chi connectivity index (χ2v) is 6.69. The van der Waals surface area contributed by atoms with Gasteiger partial charge in [0.15, 0.2) is 0 Å². The summed E-state index contributed by atoms with van der Waals surface area (Å²) in [5.74, 6) is -0.139. The maximum absolute atomic E-state index is 12.0. The fourth-order valence-electron chi connectivity index (χ4n) is 3.05. The van der Waals surface area contributed by atoms with Crippen LogP contribution in [0.2, 0.25) is 0 Å². The van der Waals surface area contributed by atoms with E-state index in [0.29, 0.717) is 25.6 Å². The molecule has 0 aromatic heterocycles. The van der Waals surface area contributed by atoms with Crippen LogP contribution in [0.25, 0.3) is 0 Å². The molecule has 2 amide bonds. The van der Waals surface area contributed by atoms with Crippen molar-refractivity contribution >= 4 is 11.8 Å². The summed E-state index contributed by atoms with van der Waals surface area (Å²) >= 11 is 0. The van der Waals surface area contributed by atoms with Gasteiger partial charge in [0.25, 0.3) is 0 Å². The molecule has 1 unspecified atom stereocenters. The van der Waals surface area contributed by atoms with E-state index >= 15 is 0 Å². The highest BCUT2D eigenvalue weighted by Gasteiger charge is 2.15. The van der Waals surface area contributed by atoms with E-state index in [2.05, 4.69) is 33.6 Å². The van der Waals surface area contributed by atoms with Gasteiger partial charge in [0, 0.05) is 32.1 Å². The Morgan fingerprint density at radius 3 is 2.41 bits per heavy atom. The number of carbonyl (C=O) groups excluding carboxylic acids is 2. The van der Waals surface area contributed by atoms with Crippen molar-refractivity contribution in [2.45, 2.75) is 31.8 Å². The van der Waals surface area contributed by atoms with Gasteiger partial charge in [-0.1, -0.05) is 54.6 Å². The predicted molar refractivity (Wildman–Crippen MR) is 105 cm³/mol. The van der Waals surface area contributed by atoms with Gasteiger partial charge in [-0.25, -0.2) is 0 Å². The lowest BCUT2D eigenvalue weighted by molar-refractivity contribution is -0.122. The van der Waals surface area contributed by atoms with E-state index in [1.807, 2.05) is 42.5 Å². The Labute approximate surface area is 159 Å². The molecule has 27 heavy (non-hydrogen) atoms. The molecule has 6 heteroatoms. The molecule has 142 valence electrons. The minimum atomic E-state index is -0.0698. The Balaban J connectivity index is 1.33. The van der Waals surface area contributed by atoms with Gasteiger partial charge in [-0.3, -0.25) is 20.4 Å².